The molecule has 0 saturated heterocycles. The van der Waals surface area contributed by atoms with E-state index in [4.69, 9.17) is 18.9 Å². The van der Waals surface area contributed by atoms with Gasteiger partial charge in [-0.1, -0.05) is 19.9 Å². The van der Waals surface area contributed by atoms with E-state index in [2.05, 4.69) is 0 Å². The Labute approximate surface area is 166 Å². The fraction of sp³-hybridized carbons (Fsp3) is 0.409. The van der Waals surface area contributed by atoms with Crippen molar-refractivity contribution in [1.29, 1.82) is 0 Å². The third-order valence-corrected chi connectivity index (χ3v) is 4.84. The van der Waals surface area contributed by atoms with Crippen LogP contribution in [0.4, 0.5) is 0 Å². The molecule has 0 aromatic heterocycles. The molecular weight excluding hydrogens is 358 g/mol. The number of carbonyl (C=O) groups excluding carboxylic acids is 1. The Balaban J connectivity index is 2.14. The van der Waals surface area contributed by atoms with Crippen LogP contribution in [0.2, 0.25) is 0 Å². The molecule has 2 aromatic carbocycles. The van der Waals surface area contributed by atoms with E-state index < -0.39 is 0 Å². The van der Waals surface area contributed by atoms with Crippen molar-refractivity contribution in [2.45, 2.75) is 20.4 Å². The Hall–Kier alpha value is -2.89. The highest BCUT2D eigenvalue weighted by atomic mass is 16.5. The lowest BCUT2D eigenvalue weighted by Crippen LogP contribution is -2.35. The van der Waals surface area contributed by atoms with Crippen LogP contribution in [0, 0.1) is 5.92 Å². The van der Waals surface area contributed by atoms with Gasteiger partial charge in [-0.05, 0) is 29.8 Å². The fourth-order valence-electron chi connectivity index (χ4n) is 3.47. The predicted molar refractivity (Wildman–Crippen MR) is 107 cm³/mol. The normalized spacial score (nSPS) is 13.4. The van der Waals surface area contributed by atoms with Gasteiger partial charge in [0, 0.05) is 18.0 Å². The number of methoxy groups -OCH3 is 3. The van der Waals surface area contributed by atoms with Gasteiger partial charge in [0.1, 0.15) is 18.1 Å². The Bertz CT molecular complexity index is 840. The number of hydrogen-bond acceptors (Lipinski definition) is 5. The van der Waals surface area contributed by atoms with Gasteiger partial charge in [0.05, 0.1) is 33.4 Å². The summed E-state index contributed by atoms with van der Waals surface area (Å²) in [5.41, 5.74) is 2.61. The molecule has 2 aromatic rings. The summed E-state index contributed by atoms with van der Waals surface area (Å²) < 4.78 is 22.7. The van der Waals surface area contributed by atoms with Crippen LogP contribution in [-0.2, 0) is 11.3 Å². The molecule has 1 aliphatic heterocycles. The Morgan fingerprint density at radius 1 is 1.04 bits per heavy atom. The minimum atomic E-state index is -0.0686. The summed E-state index contributed by atoms with van der Waals surface area (Å²) in [4.78, 5) is 14.4. The molecule has 0 bridgehead atoms. The zero-order valence-electron chi connectivity index (χ0n) is 17.1. The van der Waals surface area contributed by atoms with Crippen molar-refractivity contribution in [2.75, 3.05) is 34.5 Å². The molecule has 0 aliphatic carbocycles. The number of hydrogen-bond donors (Lipinski definition) is 0. The lowest BCUT2D eigenvalue weighted by Gasteiger charge is -2.22. The molecule has 0 radical (unpaired) electrons. The van der Waals surface area contributed by atoms with Crippen molar-refractivity contribution >= 4 is 5.91 Å². The summed E-state index contributed by atoms with van der Waals surface area (Å²) in [6.45, 7) is 5.26. The number of fused-ring (bicyclic) bond motifs is 1. The van der Waals surface area contributed by atoms with Gasteiger partial charge in [0.25, 0.3) is 0 Å². The average molecular weight is 385 g/mol. The average Bonchev–Trinajstić information content (AvgIpc) is 2.93. The van der Waals surface area contributed by atoms with E-state index in [1.54, 1.807) is 21.3 Å². The number of amides is 1. The van der Waals surface area contributed by atoms with E-state index in [1.165, 1.54) is 0 Å². The highest BCUT2D eigenvalue weighted by Gasteiger charge is 2.25. The number of nitrogens with zero attached hydrogens (tertiary/aromatic N) is 1. The molecule has 0 spiro atoms. The molecule has 150 valence electrons. The standard InChI is InChI=1S/C22H27NO5/c1-14(2)22(24)23-9-10-28-21-16(13-23)11-15(12-19(21)27-5)20-17(25-3)7-6-8-18(20)26-4/h6-8,11-12,14H,9-10,13H2,1-5H3. The van der Waals surface area contributed by atoms with Gasteiger partial charge < -0.3 is 23.8 Å². The molecule has 0 atom stereocenters. The first-order valence-corrected chi connectivity index (χ1v) is 9.34. The minimum absolute atomic E-state index is 0.0686. The van der Waals surface area contributed by atoms with Crippen LogP contribution < -0.4 is 18.9 Å². The molecular formula is C22H27NO5. The van der Waals surface area contributed by atoms with Gasteiger partial charge in [-0.3, -0.25) is 4.79 Å². The number of benzene rings is 2. The largest absolute Gasteiger partial charge is 0.496 e. The zero-order valence-corrected chi connectivity index (χ0v) is 17.1. The van der Waals surface area contributed by atoms with Crippen molar-refractivity contribution in [1.82, 2.24) is 4.90 Å². The second-order valence-corrected chi connectivity index (χ2v) is 6.97. The van der Waals surface area contributed by atoms with E-state index in [0.717, 1.165) is 16.7 Å². The molecule has 3 rings (SSSR count). The summed E-state index contributed by atoms with van der Waals surface area (Å²) in [7, 11) is 4.88. The summed E-state index contributed by atoms with van der Waals surface area (Å²) in [5.74, 6) is 2.74. The maximum atomic E-state index is 12.6. The van der Waals surface area contributed by atoms with Gasteiger partial charge in [-0.2, -0.15) is 0 Å². The molecule has 1 amide bonds. The predicted octanol–water partition coefficient (Wildman–Crippen LogP) is 3.76. The maximum Gasteiger partial charge on any atom is 0.225 e. The second-order valence-electron chi connectivity index (χ2n) is 6.97. The summed E-state index contributed by atoms with van der Waals surface area (Å²) in [6, 6.07) is 9.60. The highest BCUT2D eigenvalue weighted by molar-refractivity contribution is 5.81. The van der Waals surface area contributed by atoms with Crippen LogP contribution in [0.3, 0.4) is 0 Å². The summed E-state index contributed by atoms with van der Waals surface area (Å²) in [5, 5.41) is 0. The van der Waals surface area contributed by atoms with Crippen LogP contribution in [0.25, 0.3) is 11.1 Å². The van der Waals surface area contributed by atoms with Gasteiger partial charge >= 0.3 is 0 Å². The number of carbonyl (C=O) groups is 1. The van der Waals surface area contributed by atoms with Crippen LogP contribution >= 0.6 is 0 Å². The molecule has 1 heterocycles. The van der Waals surface area contributed by atoms with Crippen molar-refractivity contribution in [3.63, 3.8) is 0 Å². The third kappa shape index (κ3) is 3.72. The number of rotatable bonds is 5. The first-order chi connectivity index (χ1) is 13.5. The van der Waals surface area contributed by atoms with Gasteiger partial charge in [-0.15, -0.1) is 0 Å². The lowest BCUT2D eigenvalue weighted by molar-refractivity contribution is -0.135. The topological polar surface area (TPSA) is 57.2 Å². The zero-order chi connectivity index (χ0) is 20.3. The van der Waals surface area contributed by atoms with Crippen LogP contribution in [-0.4, -0.2) is 45.3 Å². The number of ether oxygens (including phenoxy) is 4. The smallest absolute Gasteiger partial charge is 0.225 e. The molecule has 0 saturated carbocycles. The molecule has 6 nitrogen and oxygen atoms in total. The van der Waals surface area contributed by atoms with E-state index in [-0.39, 0.29) is 11.8 Å². The molecule has 28 heavy (non-hydrogen) atoms. The van der Waals surface area contributed by atoms with Gasteiger partial charge in [-0.25, -0.2) is 0 Å². The first-order valence-electron chi connectivity index (χ1n) is 9.34. The molecule has 0 unspecified atom stereocenters. The van der Waals surface area contributed by atoms with Crippen LogP contribution in [0.5, 0.6) is 23.0 Å². The van der Waals surface area contributed by atoms with E-state index in [0.29, 0.717) is 42.7 Å². The van der Waals surface area contributed by atoms with E-state index >= 15 is 0 Å². The van der Waals surface area contributed by atoms with E-state index in [1.807, 2.05) is 49.1 Å². The monoisotopic (exact) mass is 385 g/mol. The van der Waals surface area contributed by atoms with E-state index in [9.17, 15) is 4.79 Å². The quantitative estimate of drug-likeness (QED) is 0.784. The molecule has 1 aliphatic rings. The van der Waals surface area contributed by atoms with Gasteiger partial charge in [0.15, 0.2) is 11.5 Å². The highest BCUT2D eigenvalue weighted by Crippen LogP contribution is 2.44. The molecule has 0 fully saturated rings. The third-order valence-electron chi connectivity index (χ3n) is 4.84. The summed E-state index contributed by atoms with van der Waals surface area (Å²) in [6.07, 6.45) is 0. The Kier molecular flexibility index (Phi) is 5.97. The molecule has 0 N–H and O–H groups in total. The fourth-order valence-corrected chi connectivity index (χ4v) is 3.47. The maximum absolute atomic E-state index is 12.6. The van der Waals surface area contributed by atoms with Gasteiger partial charge in [0.2, 0.25) is 5.91 Å². The van der Waals surface area contributed by atoms with Crippen molar-refractivity contribution in [3.05, 3.63) is 35.9 Å². The van der Waals surface area contributed by atoms with Crippen molar-refractivity contribution < 1.29 is 23.7 Å². The minimum Gasteiger partial charge on any atom is -0.496 e. The lowest BCUT2D eigenvalue weighted by atomic mass is 9.99. The Morgan fingerprint density at radius 3 is 2.25 bits per heavy atom. The van der Waals surface area contributed by atoms with Crippen LogP contribution in [0.15, 0.2) is 30.3 Å². The Morgan fingerprint density at radius 2 is 1.68 bits per heavy atom. The second kappa shape index (κ2) is 8.42. The summed E-state index contributed by atoms with van der Waals surface area (Å²) >= 11 is 0. The SMILES string of the molecule is COc1cc(-c2c(OC)cccc2OC)cc2c1OCCN(C(=O)C(C)C)C2. The van der Waals surface area contributed by atoms with Crippen LogP contribution in [0.1, 0.15) is 19.4 Å². The van der Waals surface area contributed by atoms with Crippen molar-refractivity contribution in [2.24, 2.45) is 5.92 Å². The first kappa shape index (κ1) is 19.9. The van der Waals surface area contributed by atoms with Crippen molar-refractivity contribution in [3.8, 4) is 34.1 Å². The molecule has 6 heteroatoms.